The molecule has 0 unspecified atom stereocenters. The van der Waals surface area contributed by atoms with Crippen LogP contribution in [0.5, 0.6) is 0 Å². The molecule has 19 heavy (non-hydrogen) atoms. The number of nitrogens with one attached hydrogen (secondary N) is 1. The maximum Gasteiger partial charge on any atom is 0.312 e. The first-order valence-corrected chi connectivity index (χ1v) is 6.16. The molecule has 1 aliphatic rings. The highest BCUT2D eigenvalue weighted by molar-refractivity contribution is 6.35. The lowest BCUT2D eigenvalue weighted by molar-refractivity contribution is -0.156. The minimum atomic E-state index is -0.472. The second-order valence-corrected chi connectivity index (χ2v) is 4.27. The number of likely N-dealkylation sites (N-methyl/N-ethyl adjacent to an activating group) is 1. The van der Waals surface area contributed by atoms with E-state index in [0.29, 0.717) is 32.0 Å². The van der Waals surface area contributed by atoms with E-state index in [1.807, 2.05) is 13.0 Å². The van der Waals surface area contributed by atoms with Crippen LogP contribution in [0.15, 0.2) is 18.3 Å². The highest BCUT2D eigenvalue weighted by Crippen LogP contribution is 2.15. The van der Waals surface area contributed by atoms with Crippen LogP contribution in [0.1, 0.15) is 12.5 Å². The van der Waals surface area contributed by atoms with Gasteiger partial charge in [0.1, 0.15) is 5.82 Å². The van der Waals surface area contributed by atoms with E-state index >= 15 is 0 Å². The fourth-order valence-electron chi connectivity index (χ4n) is 2.07. The van der Waals surface area contributed by atoms with Gasteiger partial charge in [-0.1, -0.05) is 6.07 Å². The zero-order valence-corrected chi connectivity index (χ0v) is 10.8. The first kappa shape index (κ1) is 13.3. The van der Waals surface area contributed by atoms with Gasteiger partial charge in [0.2, 0.25) is 0 Å². The number of piperazine rings is 1. The van der Waals surface area contributed by atoms with E-state index in [9.17, 15) is 9.59 Å². The van der Waals surface area contributed by atoms with Crippen molar-refractivity contribution in [2.45, 2.75) is 13.5 Å². The van der Waals surface area contributed by atoms with Crippen molar-refractivity contribution in [3.8, 4) is 0 Å². The van der Waals surface area contributed by atoms with E-state index in [2.05, 4.69) is 10.4 Å². The van der Waals surface area contributed by atoms with Gasteiger partial charge in [-0.05, 0) is 13.0 Å². The smallest absolute Gasteiger partial charge is 0.312 e. The summed E-state index contributed by atoms with van der Waals surface area (Å²) >= 11 is 0. The molecule has 102 valence electrons. The summed E-state index contributed by atoms with van der Waals surface area (Å²) in [5.41, 5.74) is 3.27. The Balaban J connectivity index is 2.12. The molecule has 0 radical (unpaired) electrons. The molecule has 3 N–H and O–H groups in total. The summed E-state index contributed by atoms with van der Waals surface area (Å²) in [5.74, 6) is 4.97. The minimum Gasteiger partial charge on any atom is -0.333 e. The van der Waals surface area contributed by atoms with E-state index in [1.165, 1.54) is 4.90 Å². The summed E-state index contributed by atoms with van der Waals surface area (Å²) in [6.07, 6.45) is 1.61. The lowest BCUT2D eigenvalue weighted by atomic mass is 10.2. The maximum atomic E-state index is 12.0. The molecule has 7 nitrogen and oxygen atoms in total. The lowest BCUT2D eigenvalue weighted by Gasteiger charge is -2.33. The number of hydrazine groups is 1. The van der Waals surface area contributed by atoms with Gasteiger partial charge in [-0.3, -0.25) is 9.59 Å². The van der Waals surface area contributed by atoms with Gasteiger partial charge in [-0.15, -0.1) is 0 Å². The molecule has 7 heteroatoms. The van der Waals surface area contributed by atoms with Crippen molar-refractivity contribution < 1.29 is 9.59 Å². The van der Waals surface area contributed by atoms with Crippen LogP contribution in [0.4, 0.5) is 5.82 Å². The van der Waals surface area contributed by atoms with E-state index in [-0.39, 0.29) is 0 Å². The van der Waals surface area contributed by atoms with Gasteiger partial charge in [0, 0.05) is 37.9 Å². The lowest BCUT2D eigenvalue weighted by Crippen LogP contribution is -2.53. The number of hydrogen-bond donors (Lipinski definition) is 2. The first-order chi connectivity index (χ1) is 9.17. The molecule has 1 aliphatic heterocycles. The van der Waals surface area contributed by atoms with Gasteiger partial charge >= 0.3 is 11.8 Å². The number of hydrogen-bond acceptors (Lipinski definition) is 5. The summed E-state index contributed by atoms with van der Waals surface area (Å²) in [4.78, 5) is 30.9. The van der Waals surface area contributed by atoms with E-state index in [4.69, 9.17) is 5.84 Å². The van der Waals surface area contributed by atoms with Crippen molar-refractivity contribution in [1.82, 2.24) is 14.8 Å². The van der Waals surface area contributed by atoms with Gasteiger partial charge in [-0.25, -0.2) is 10.8 Å². The molecule has 0 aromatic carbocycles. The predicted octanol–water partition coefficient (Wildman–Crippen LogP) is -0.442. The van der Waals surface area contributed by atoms with Crippen LogP contribution in [0.2, 0.25) is 0 Å². The molecular formula is C12H17N5O2. The van der Waals surface area contributed by atoms with Crippen molar-refractivity contribution in [2.24, 2.45) is 5.84 Å². The number of carbonyl (C=O) groups is 2. The average Bonchev–Trinajstić information content (AvgIpc) is 2.45. The molecule has 2 heterocycles. The van der Waals surface area contributed by atoms with Crippen LogP contribution < -0.4 is 11.3 Å². The third-order valence-electron chi connectivity index (χ3n) is 3.17. The second-order valence-electron chi connectivity index (χ2n) is 4.27. The Labute approximate surface area is 111 Å². The molecule has 2 amide bonds. The molecule has 1 saturated heterocycles. The third kappa shape index (κ3) is 2.65. The Bertz CT molecular complexity index is 491. The molecule has 0 atom stereocenters. The topological polar surface area (TPSA) is 91.6 Å². The molecule has 1 aromatic heterocycles. The number of nitrogen functional groups attached to an aromatic ring is 1. The van der Waals surface area contributed by atoms with Crippen molar-refractivity contribution in [3.63, 3.8) is 0 Å². The van der Waals surface area contributed by atoms with E-state index in [0.717, 1.165) is 5.56 Å². The SMILES string of the molecule is CCN1CCN(Cc2cccnc2NN)C(=O)C1=O. The number of amides is 2. The summed E-state index contributed by atoms with van der Waals surface area (Å²) in [6, 6.07) is 3.59. The highest BCUT2D eigenvalue weighted by atomic mass is 16.2. The normalized spacial score (nSPS) is 15.9. The Hall–Kier alpha value is -2.15. The highest BCUT2D eigenvalue weighted by Gasteiger charge is 2.31. The summed E-state index contributed by atoms with van der Waals surface area (Å²) < 4.78 is 0. The molecule has 0 aliphatic carbocycles. The Morgan fingerprint density at radius 2 is 2.00 bits per heavy atom. The minimum absolute atomic E-state index is 0.329. The second kappa shape index (κ2) is 5.66. The van der Waals surface area contributed by atoms with Crippen LogP contribution in [-0.2, 0) is 16.1 Å². The first-order valence-electron chi connectivity index (χ1n) is 6.16. The number of nitrogens with zero attached hydrogens (tertiary/aromatic N) is 3. The number of anilines is 1. The van der Waals surface area contributed by atoms with Crippen LogP contribution in [-0.4, -0.2) is 46.2 Å². The van der Waals surface area contributed by atoms with E-state index in [1.54, 1.807) is 17.2 Å². The third-order valence-corrected chi connectivity index (χ3v) is 3.17. The van der Waals surface area contributed by atoms with Gasteiger partial charge in [-0.2, -0.15) is 0 Å². The van der Waals surface area contributed by atoms with Crippen LogP contribution in [0.25, 0.3) is 0 Å². The maximum absolute atomic E-state index is 12.0. The van der Waals surface area contributed by atoms with Gasteiger partial charge in [0.15, 0.2) is 0 Å². The van der Waals surface area contributed by atoms with Gasteiger partial charge < -0.3 is 15.2 Å². The summed E-state index contributed by atoms with van der Waals surface area (Å²) in [5, 5.41) is 0. The summed E-state index contributed by atoms with van der Waals surface area (Å²) in [7, 11) is 0. The zero-order chi connectivity index (χ0) is 13.8. The fraction of sp³-hybridized carbons (Fsp3) is 0.417. The quantitative estimate of drug-likeness (QED) is 0.436. The van der Waals surface area contributed by atoms with Gasteiger partial charge in [0.25, 0.3) is 0 Å². The number of rotatable bonds is 4. The Kier molecular flexibility index (Phi) is 3.96. The van der Waals surface area contributed by atoms with E-state index < -0.39 is 11.8 Å². The van der Waals surface area contributed by atoms with Gasteiger partial charge in [0.05, 0.1) is 0 Å². The average molecular weight is 263 g/mol. The number of nitrogens with two attached hydrogens (primary N) is 1. The van der Waals surface area contributed by atoms with Crippen molar-refractivity contribution in [2.75, 3.05) is 25.1 Å². The largest absolute Gasteiger partial charge is 0.333 e. The summed E-state index contributed by atoms with van der Waals surface area (Å²) in [6.45, 7) is 3.83. The molecule has 0 saturated carbocycles. The predicted molar refractivity (Wildman–Crippen MR) is 69.7 cm³/mol. The number of pyridine rings is 1. The molecule has 1 aromatic rings. The molecule has 0 bridgehead atoms. The molecule has 1 fully saturated rings. The molecular weight excluding hydrogens is 246 g/mol. The number of carbonyl (C=O) groups excluding carboxylic acids is 2. The number of aromatic nitrogens is 1. The Morgan fingerprint density at radius 1 is 1.32 bits per heavy atom. The fourth-order valence-corrected chi connectivity index (χ4v) is 2.07. The molecule has 2 rings (SSSR count). The standard InChI is InChI=1S/C12H17N5O2/c1-2-16-6-7-17(12(19)11(16)18)8-9-4-3-5-14-10(9)15-13/h3-5H,2,6-8,13H2,1H3,(H,14,15). The van der Waals surface area contributed by atoms with Crippen LogP contribution >= 0.6 is 0 Å². The van der Waals surface area contributed by atoms with Crippen molar-refractivity contribution in [1.29, 1.82) is 0 Å². The van der Waals surface area contributed by atoms with Crippen LogP contribution in [0, 0.1) is 0 Å². The van der Waals surface area contributed by atoms with Crippen molar-refractivity contribution in [3.05, 3.63) is 23.9 Å². The van der Waals surface area contributed by atoms with Crippen molar-refractivity contribution >= 4 is 17.6 Å². The zero-order valence-electron chi connectivity index (χ0n) is 10.8. The monoisotopic (exact) mass is 263 g/mol. The van der Waals surface area contributed by atoms with Crippen LogP contribution in [0.3, 0.4) is 0 Å². The Morgan fingerprint density at radius 3 is 2.68 bits per heavy atom. The molecule has 0 spiro atoms.